The number of carbonyl (C=O) groups is 1. The summed E-state index contributed by atoms with van der Waals surface area (Å²) in [5.41, 5.74) is 0. The molecule has 2 aromatic heterocycles. The Kier molecular flexibility index (Phi) is 6.39. The van der Waals surface area contributed by atoms with Gasteiger partial charge in [0.05, 0.1) is 24.2 Å². The fourth-order valence-electron chi connectivity index (χ4n) is 2.73. The summed E-state index contributed by atoms with van der Waals surface area (Å²) >= 11 is 3.14. The quantitative estimate of drug-likeness (QED) is 0.816. The van der Waals surface area contributed by atoms with Crippen molar-refractivity contribution in [2.45, 2.75) is 12.7 Å². The molecule has 0 bridgehead atoms. The molecule has 0 unspecified atom stereocenters. The number of rotatable bonds is 7. The van der Waals surface area contributed by atoms with Crippen molar-refractivity contribution in [1.82, 2.24) is 9.80 Å². The van der Waals surface area contributed by atoms with Crippen LogP contribution in [0.3, 0.4) is 0 Å². The van der Waals surface area contributed by atoms with E-state index in [9.17, 15) is 9.90 Å². The predicted molar refractivity (Wildman–Crippen MR) is 96.6 cm³/mol. The number of carbonyl (C=O) groups excluding carboxylic acids is 1. The van der Waals surface area contributed by atoms with Crippen LogP contribution in [0.5, 0.6) is 0 Å². The lowest BCUT2D eigenvalue weighted by Gasteiger charge is -2.35. The predicted octanol–water partition coefficient (Wildman–Crippen LogP) is 2.15. The van der Waals surface area contributed by atoms with Gasteiger partial charge in [-0.1, -0.05) is 12.1 Å². The van der Waals surface area contributed by atoms with Crippen LogP contribution >= 0.6 is 22.7 Å². The molecule has 0 radical (unpaired) electrons. The molecule has 1 aliphatic heterocycles. The van der Waals surface area contributed by atoms with Crippen LogP contribution in [0.4, 0.5) is 0 Å². The average molecular weight is 367 g/mol. The number of piperazine rings is 1. The summed E-state index contributed by atoms with van der Waals surface area (Å²) in [6.07, 6.45) is -0.496. The molecule has 2 aromatic rings. The lowest BCUT2D eigenvalue weighted by molar-refractivity contribution is 0.00274. The number of β-amino-alcohol motifs (C(OH)–C–C–N with tert-alkyl or cyclic N) is 1. The molecule has 0 saturated carbocycles. The first kappa shape index (κ1) is 17.6. The minimum absolute atomic E-state index is 0.115. The highest BCUT2D eigenvalue weighted by Gasteiger charge is 2.23. The molecule has 0 spiro atoms. The molecule has 1 atom stereocenters. The summed E-state index contributed by atoms with van der Waals surface area (Å²) < 4.78 is 5.56. The van der Waals surface area contributed by atoms with Crippen LogP contribution < -0.4 is 0 Å². The monoisotopic (exact) mass is 366 g/mol. The van der Waals surface area contributed by atoms with Gasteiger partial charge in [0, 0.05) is 37.6 Å². The molecule has 1 saturated heterocycles. The first-order valence-electron chi connectivity index (χ1n) is 8.05. The zero-order chi connectivity index (χ0) is 16.8. The normalized spacial score (nSPS) is 17.1. The topological polar surface area (TPSA) is 53.0 Å². The van der Waals surface area contributed by atoms with Crippen molar-refractivity contribution in [2.24, 2.45) is 0 Å². The maximum Gasteiger partial charge on any atom is 0.264 e. The number of aliphatic hydroxyl groups is 1. The Labute approximate surface area is 150 Å². The molecular weight excluding hydrogens is 344 g/mol. The molecule has 1 aliphatic rings. The highest BCUT2D eigenvalue weighted by Crippen LogP contribution is 2.14. The fraction of sp³-hybridized carbons (Fsp3) is 0.471. The smallest absolute Gasteiger partial charge is 0.264 e. The number of amides is 1. The van der Waals surface area contributed by atoms with E-state index in [1.807, 2.05) is 39.9 Å². The molecule has 130 valence electrons. The molecule has 3 rings (SSSR count). The second-order valence-corrected chi connectivity index (χ2v) is 7.80. The first-order valence-corrected chi connectivity index (χ1v) is 9.81. The van der Waals surface area contributed by atoms with E-state index >= 15 is 0 Å². The Morgan fingerprint density at radius 2 is 1.92 bits per heavy atom. The van der Waals surface area contributed by atoms with Gasteiger partial charge in [-0.3, -0.25) is 9.69 Å². The number of aliphatic hydroxyl groups excluding tert-OH is 1. The van der Waals surface area contributed by atoms with Crippen molar-refractivity contribution < 1.29 is 14.6 Å². The Morgan fingerprint density at radius 3 is 2.58 bits per heavy atom. The third kappa shape index (κ3) is 4.87. The molecule has 7 heteroatoms. The standard InChI is InChI=1S/C17H22N2O3S2/c20-14(12-22-13-15-3-1-9-23-15)11-18-5-7-19(8-6-18)17(21)16-4-2-10-24-16/h1-4,9-10,14,20H,5-8,11-13H2/t14-/m0/s1. The van der Waals surface area contributed by atoms with Crippen molar-refractivity contribution in [3.63, 3.8) is 0 Å². The van der Waals surface area contributed by atoms with Gasteiger partial charge < -0.3 is 14.7 Å². The van der Waals surface area contributed by atoms with Crippen LogP contribution in [0.15, 0.2) is 35.0 Å². The van der Waals surface area contributed by atoms with Gasteiger partial charge in [-0.2, -0.15) is 0 Å². The first-order chi connectivity index (χ1) is 11.7. The van der Waals surface area contributed by atoms with Crippen LogP contribution in [-0.4, -0.2) is 66.2 Å². The van der Waals surface area contributed by atoms with Gasteiger partial charge in [0.25, 0.3) is 5.91 Å². The van der Waals surface area contributed by atoms with Crippen LogP contribution in [0.1, 0.15) is 14.5 Å². The molecule has 0 aromatic carbocycles. The maximum absolute atomic E-state index is 12.3. The Hall–Kier alpha value is -1.25. The van der Waals surface area contributed by atoms with Crippen molar-refractivity contribution >= 4 is 28.6 Å². The summed E-state index contributed by atoms with van der Waals surface area (Å²) in [6.45, 7) is 4.48. The summed E-state index contributed by atoms with van der Waals surface area (Å²) in [7, 11) is 0. The minimum atomic E-state index is -0.496. The molecule has 5 nitrogen and oxygen atoms in total. The number of hydrogen-bond donors (Lipinski definition) is 1. The highest BCUT2D eigenvalue weighted by atomic mass is 32.1. The lowest BCUT2D eigenvalue weighted by atomic mass is 10.2. The van der Waals surface area contributed by atoms with Gasteiger partial charge >= 0.3 is 0 Å². The minimum Gasteiger partial charge on any atom is -0.389 e. The fourth-order valence-corrected chi connectivity index (χ4v) is 4.06. The van der Waals surface area contributed by atoms with Crippen LogP contribution in [-0.2, 0) is 11.3 Å². The number of nitrogens with zero attached hydrogens (tertiary/aromatic N) is 2. The zero-order valence-electron chi connectivity index (χ0n) is 13.5. The Balaban J connectivity index is 1.35. The molecule has 1 N–H and O–H groups in total. The SMILES string of the molecule is O=C(c1cccs1)N1CCN(C[C@H](O)COCc2cccs2)CC1. The third-order valence-electron chi connectivity index (χ3n) is 4.00. The summed E-state index contributed by atoms with van der Waals surface area (Å²) in [5.74, 6) is 0.115. The lowest BCUT2D eigenvalue weighted by Crippen LogP contribution is -2.50. The van der Waals surface area contributed by atoms with Gasteiger partial charge in [-0.05, 0) is 22.9 Å². The largest absolute Gasteiger partial charge is 0.389 e. The summed E-state index contributed by atoms with van der Waals surface area (Å²) in [5, 5.41) is 14.1. The number of hydrogen-bond acceptors (Lipinski definition) is 6. The van der Waals surface area contributed by atoms with Crippen LogP contribution in [0.2, 0.25) is 0 Å². The van der Waals surface area contributed by atoms with E-state index in [2.05, 4.69) is 4.90 Å². The molecular formula is C17H22N2O3S2. The molecule has 1 fully saturated rings. The number of ether oxygens (including phenoxy) is 1. The van der Waals surface area contributed by atoms with E-state index in [4.69, 9.17) is 4.74 Å². The van der Waals surface area contributed by atoms with E-state index < -0.39 is 6.10 Å². The van der Waals surface area contributed by atoms with Gasteiger partial charge in [0.1, 0.15) is 0 Å². The zero-order valence-corrected chi connectivity index (χ0v) is 15.1. The van der Waals surface area contributed by atoms with Crippen molar-refractivity contribution in [2.75, 3.05) is 39.3 Å². The summed E-state index contributed by atoms with van der Waals surface area (Å²) in [6, 6.07) is 7.80. The second-order valence-electron chi connectivity index (χ2n) is 5.82. The van der Waals surface area contributed by atoms with E-state index in [1.54, 1.807) is 11.3 Å². The second kappa shape index (κ2) is 8.73. The van der Waals surface area contributed by atoms with Gasteiger partial charge in [-0.25, -0.2) is 0 Å². The Bertz CT molecular complexity index is 608. The van der Waals surface area contributed by atoms with E-state index in [-0.39, 0.29) is 5.91 Å². The van der Waals surface area contributed by atoms with Crippen LogP contribution in [0.25, 0.3) is 0 Å². The van der Waals surface area contributed by atoms with Crippen molar-refractivity contribution in [3.05, 3.63) is 44.8 Å². The average Bonchev–Trinajstić information content (AvgIpc) is 3.29. The Morgan fingerprint density at radius 1 is 1.17 bits per heavy atom. The van der Waals surface area contributed by atoms with Crippen LogP contribution in [0, 0.1) is 0 Å². The molecule has 24 heavy (non-hydrogen) atoms. The molecule has 3 heterocycles. The third-order valence-corrected chi connectivity index (χ3v) is 5.70. The molecule has 1 amide bonds. The molecule has 0 aliphatic carbocycles. The van der Waals surface area contributed by atoms with Crippen molar-refractivity contribution in [1.29, 1.82) is 0 Å². The van der Waals surface area contributed by atoms with E-state index in [0.717, 1.165) is 18.0 Å². The summed E-state index contributed by atoms with van der Waals surface area (Å²) in [4.78, 5) is 18.3. The van der Waals surface area contributed by atoms with E-state index in [0.29, 0.717) is 32.8 Å². The van der Waals surface area contributed by atoms with Gasteiger partial charge in [-0.15, -0.1) is 22.7 Å². The maximum atomic E-state index is 12.3. The number of thiophene rings is 2. The van der Waals surface area contributed by atoms with Gasteiger partial charge in [0.2, 0.25) is 0 Å². The van der Waals surface area contributed by atoms with E-state index in [1.165, 1.54) is 16.2 Å². The van der Waals surface area contributed by atoms with Gasteiger partial charge in [0.15, 0.2) is 0 Å². The highest BCUT2D eigenvalue weighted by molar-refractivity contribution is 7.12. The van der Waals surface area contributed by atoms with Crippen molar-refractivity contribution in [3.8, 4) is 0 Å².